The van der Waals surface area contributed by atoms with E-state index in [1.165, 1.54) is 12.8 Å². The van der Waals surface area contributed by atoms with Crippen molar-refractivity contribution in [1.82, 2.24) is 9.97 Å². The second-order valence-electron chi connectivity index (χ2n) is 4.83. The first-order valence-corrected chi connectivity index (χ1v) is 6.59. The van der Waals surface area contributed by atoms with E-state index in [1.807, 2.05) is 12.3 Å². The van der Waals surface area contributed by atoms with Crippen LogP contribution in [0, 0.1) is 0 Å². The molecule has 2 rings (SSSR count). The third-order valence-electron chi connectivity index (χ3n) is 3.51. The van der Waals surface area contributed by atoms with Crippen LogP contribution in [0.4, 0.5) is 5.82 Å². The fourth-order valence-corrected chi connectivity index (χ4v) is 2.59. The summed E-state index contributed by atoms with van der Waals surface area (Å²) in [5, 5.41) is 0. The molecule has 0 bridgehead atoms. The highest BCUT2D eigenvalue weighted by atomic mass is 15.2. The van der Waals surface area contributed by atoms with Gasteiger partial charge in [-0.15, -0.1) is 0 Å². The van der Waals surface area contributed by atoms with E-state index in [0.29, 0.717) is 12.1 Å². The summed E-state index contributed by atoms with van der Waals surface area (Å²) in [5.41, 5.74) is 5.97. The van der Waals surface area contributed by atoms with Crippen LogP contribution in [0.2, 0.25) is 0 Å². The first kappa shape index (κ1) is 12.3. The van der Waals surface area contributed by atoms with Gasteiger partial charge in [-0.2, -0.15) is 0 Å². The summed E-state index contributed by atoms with van der Waals surface area (Å²) in [6.07, 6.45) is 9.24. The predicted molar refractivity (Wildman–Crippen MR) is 69.9 cm³/mol. The van der Waals surface area contributed by atoms with E-state index in [1.54, 1.807) is 6.33 Å². The zero-order valence-electron chi connectivity index (χ0n) is 10.5. The van der Waals surface area contributed by atoms with Crippen molar-refractivity contribution in [2.75, 3.05) is 11.4 Å². The van der Waals surface area contributed by atoms with Gasteiger partial charge in [0.05, 0.1) is 0 Å². The molecule has 0 aromatic carbocycles. The van der Waals surface area contributed by atoms with E-state index >= 15 is 0 Å². The molecule has 1 heterocycles. The third-order valence-corrected chi connectivity index (χ3v) is 3.51. The van der Waals surface area contributed by atoms with Crippen LogP contribution < -0.4 is 10.6 Å². The van der Waals surface area contributed by atoms with Crippen LogP contribution >= 0.6 is 0 Å². The molecule has 0 aliphatic heterocycles. The average molecular weight is 234 g/mol. The lowest BCUT2D eigenvalue weighted by molar-refractivity contribution is 0.374. The number of nitrogens with two attached hydrogens (primary N) is 1. The monoisotopic (exact) mass is 234 g/mol. The zero-order chi connectivity index (χ0) is 12.1. The fraction of sp³-hybridized carbons (Fsp3) is 0.692. The molecule has 0 radical (unpaired) electrons. The number of hydrogen-bond donors (Lipinski definition) is 1. The van der Waals surface area contributed by atoms with Crippen LogP contribution in [0.15, 0.2) is 18.6 Å². The van der Waals surface area contributed by atoms with Gasteiger partial charge >= 0.3 is 0 Å². The van der Waals surface area contributed by atoms with Crippen LogP contribution in [0.3, 0.4) is 0 Å². The van der Waals surface area contributed by atoms with E-state index in [4.69, 9.17) is 5.73 Å². The fourth-order valence-electron chi connectivity index (χ4n) is 2.59. The Morgan fingerprint density at radius 1 is 1.35 bits per heavy atom. The van der Waals surface area contributed by atoms with Gasteiger partial charge in [-0.3, -0.25) is 0 Å². The molecule has 4 nitrogen and oxygen atoms in total. The molecule has 2 N–H and O–H groups in total. The lowest BCUT2D eigenvalue weighted by Gasteiger charge is -2.36. The first-order chi connectivity index (χ1) is 8.31. The Morgan fingerprint density at radius 2 is 2.12 bits per heavy atom. The molecule has 0 unspecified atom stereocenters. The second kappa shape index (κ2) is 5.96. The number of rotatable bonds is 4. The van der Waals surface area contributed by atoms with E-state index in [-0.39, 0.29) is 0 Å². The van der Waals surface area contributed by atoms with Gasteiger partial charge in [-0.25, -0.2) is 9.97 Å². The van der Waals surface area contributed by atoms with Crippen molar-refractivity contribution in [3.63, 3.8) is 0 Å². The Balaban J connectivity index is 2.07. The molecule has 4 heteroatoms. The van der Waals surface area contributed by atoms with Gasteiger partial charge in [0.25, 0.3) is 0 Å². The molecule has 1 aromatic rings. The van der Waals surface area contributed by atoms with E-state index in [0.717, 1.165) is 31.6 Å². The van der Waals surface area contributed by atoms with Gasteiger partial charge < -0.3 is 10.6 Å². The third kappa shape index (κ3) is 3.16. The summed E-state index contributed by atoms with van der Waals surface area (Å²) >= 11 is 0. The largest absolute Gasteiger partial charge is 0.354 e. The Hall–Kier alpha value is -1.16. The normalized spacial score (nSPS) is 24.6. The van der Waals surface area contributed by atoms with Crippen molar-refractivity contribution in [2.24, 2.45) is 5.73 Å². The molecule has 1 aromatic heterocycles. The lowest BCUT2D eigenvalue weighted by atomic mass is 9.90. The van der Waals surface area contributed by atoms with Crippen molar-refractivity contribution in [3.8, 4) is 0 Å². The van der Waals surface area contributed by atoms with Crippen LogP contribution in [0.1, 0.15) is 39.0 Å². The molecule has 0 amide bonds. The molecule has 17 heavy (non-hydrogen) atoms. The first-order valence-electron chi connectivity index (χ1n) is 6.59. The molecule has 1 saturated carbocycles. The predicted octanol–water partition coefficient (Wildman–Crippen LogP) is 1.96. The maximum Gasteiger partial charge on any atom is 0.132 e. The van der Waals surface area contributed by atoms with Crippen molar-refractivity contribution in [2.45, 2.75) is 51.1 Å². The van der Waals surface area contributed by atoms with E-state index < -0.39 is 0 Å². The lowest BCUT2D eigenvalue weighted by Crippen LogP contribution is -2.41. The number of anilines is 1. The van der Waals surface area contributed by atoms with Gasteiger partial charge in [0, 0.05) is 24.8 Å². The van der Waals surface area contributed by atoms with Crippen LogP contribution in [-0.4, -0.2) is 28.6 Å². The van der Waals surface area contributed by atoms with Crippen molar-refractivity contribution in [3.05, 3.63) is 18.6 Å². The summed E-state index contributed by atoms with van der Waals surface area (Å²) in [4.78, 5) is 10.8. The molecule has 1 aliphatic carbocycles. The number of nitrogens with zero attached hydrogens (tertiary/aromatic N) is 3. The standard InChI is InChI=1S/C13H22N4/c1-2-9-17(13-7-8-15-10-16-13)12-5-3-11(14)4-6-12/h7-8,10-12H,2-6,9,14H2,1H3. The minimum Gasteiger partial charge on any atom is -0.354 e. The van der Waals surface area contributed by atoms with Crippen LogP contribution in [0.5, 0.6) is 0 Å². The number of hydrogen-bond acceptors (Lipinski definition) is 4. The maximum atomic E-state index is 5.97. The highest BCUT2D eigenvalue weighted by Gasteiger charge is 2.24. The van der Waals surface area contributed by atoms with Crippen LogP contribution in [0.25, 0.3) is 0 Å². The highest BCUT2D eigenvalue weighted by molar-refractivity contribution is 5.38. The minimum absolute atomic E-state index is 0.403. The Bertz CT molecular complexity index is 319. The summed E-state index contributed by atoms with van der Waals surface area (Å²) in [6.45, 7) is 3.28. The summed E-state index contributed by atoms with van der Waals surface area (Å²) in [6, 6.07) is 3.01. The SMILES string of the molecule is CCCN(c1ccncn1)C1CCC(N)CC1. The van der Waals surface area contributed by atoms with Crippen LogP contribution in [-0.2, 0) is 0 Å². The Morgan fingerprint density at radius 3 is 2.71 bits per heavy atom. The average Bonchev–Trinajstić information content (AvgIpc) is 2.38. The molecule has 1 fully saturated rings. The summed E-state index contributed by atoms with van der Waals surface area (Å²) < 4.78 is 0. The molecule has 94 valence electrons. The Labute approximate surface area is 103 Å². The van der Waals surface area contributed by atoms with Crippen molar-refractivity contribution < 1.29 is 0 Å². The molecule has 0 saturated heterocycles. The molecule has 0 spiro atoms. The molecular formula is C13H22N4. The maximum absolute atomic E-state index is 5.97. The van der Waals surface area contributed by atoms with E-state index in [9.17, 15) is 0 Å². The summed E-state index contributed by atoms with van der Waals surface area (Å²) in [7, 11) is 0. The summed E-state index contributed by atoms with van der Waals surface area (Å²) in [5.74, 6) is 1.06. The Kier molecular flexibility index (Phi) is 4.31. The second-order valence-corrected chi connectivity index (χ2v) is 4.83. The zero-order valence-corrected chi connectivity index (χ0v) is 10.5. The van der Waals surface area contributed by atoms with Gasteiger partial charge in [0.2, 0.25) is 0 Å². The minimum atomic E-state index is 0.403. The topological polar surface area (TPSA) is 55.0 Å². The van der Waals surface area contributed by atoms with Gasteiger partial charge in [-0.05, 0) is 38.2 Å². The van der Waals surface area contributed by atoms with Crippen molar-refractivity contribution in [1.29, 1.82) is 0 Å². The quantitative estimate of drug-likeness (QED) is 0.865. The molecular weight excluding hydrogens is 212 g/mol. The van der Waals surface area contributed by atoms with Gasteiger partial charge in [0.1, 0.15) is 12.1 Å². The smallest absolute Gasteiger partial charge is 0.132 e. The number of aromatic nitrogens is 2. The molecule has 1 aliphatic rings. The van der Waals surface area contributed by atoms with E-state index in [2.05, 4.69) is 21.8 Å². The molecule has 0 atom stereocenters. The van der Waals surface area contributed by atoms with Crippen molar-refractivity contribution >= 4 is 5.82 Å². The van der Waals surface area contributed by atoms with Gasteiger partial charge in [-0.1, -0.05) is 6.92 Å². The highest BCUT2D eigenvalue weighted by Crippen LogP contribution is 2.25. The van der Waals surface area contributed by atoms with Gasteiger partial charge in [0.15, 0.2) is 0 Å².